The van der Waals surface area contributed by atoms with Crippen LogP contribution in [0.5, 0.6) is 0 Å². The second kappa shape index (κ2) is 3.14. The summed E-state index contributed by atoms with van der Waals surface area (Å²) < 4.78 is 12.6. The zero-order valence-corrected chi connectivity index (χ0v) is 5.95. The minimum absolute atomic E-state index is 0.295. The summed E-state index contributed by atoms with van der Waals surface area (Å²) in [5.41, 5.74) is 1.88. The fourth-order valence-corrected chi connectivity index (χ4v) is 0.742. The van der Waals surface area contributed by atoms with Gasteiger partial charge in [-0.05, 0) is 12.1 Å². The molecule has 0 saturated heterocycles. The fourth-order valence-electron chi connectivity index (χ4n) is 0.742. The Morgan fingerprint density at radius 1 is 1.58 bits per heavy atom. The maximum atomic E-state index is 12.6. The number of nitrogen functional groups attached to an aromatic ring is 1. The second-order valence-electron chi connectivity index (χ2n) is 2.07. The van der Waals surface area contributed by atoms with Crippen LogP contribution < -0.4 is 11.3 Å². The van der Waals surface area contributed by atoms with Crippen LogP contribution in [0.25, 0.3) is 0 Å². The Balaban J connectivity index is 3.17. The van der Waals surface area contributed by atoms with Crippen LogP contribution in [0, 0.1) is 15.9 Å². The minimum atomic E-state index is -0.876. The van der Waals surface area contributed by atoms with Crippen molar-refractivity contribution in [3.8, 4) is 0 Å². The zero-order valence-electron chi connectivity index (χ0n) is 5.95. The molecule has 0 heterocycles. The number of hydrogen-bond donors (Lipinski definition) is 2. The average Bonchev–Trinajstić information content (AvgIpc) is 2.05. The first-order valence-corrected chi connectivity index (χ1v) is 3.05. The smallest absolute Gasteiger partial charge is 0.306 e. The molecule has 0 aromatic heterocycles. The highest BCUT2D eigenvalue weighted by atomic mass is 19.1. The van der Waals surface area contributed by atoms with Crippen LogP contribution >= 0.6 is 0 Å². The SMILES string of the molecule is NNc1ccc(F)c([N+](=O)[O-])c1. The lowest BCUT2D eigenvalue weighted by Crippen LogP contribution is -2.07. The van der Waals surface area contributed by atoms with E-state index in [1.165, 1.54) is 6.07 Å². The van der Waals surface area contributed by atoms with E-state index in [0.717, 1.165) is 12.1 Å². The number of nitrogens with zero attached hydrogens (tertiary/aromatic N) is 1. The van der Waals surface area contributed by atoms with E-state index in [-0.39, 0.29) is 0 Å². The number of nitro benzene ring substituents is 1. The molecular formula is C6H6FN3O2. The third kappa shape index (κ3) is 1.48. The summed E-state index contributed by atoms with van der Waals surface area (Å²) in [6, 6.07) is 3.31. The van der Waals surface area contributed by atoms with Gasteiger partial charge in [-0.1, -0.05) is 0 Å². The highest BCUT2D eigenvalue weighted by Crippen LogP contribution is 2.20. The summed E-state index contributed by atoms with van der Waals surface area (Å²) in [6.07, 6.45) is 0. The molecular weight excluding hydrogens is 165 g/mol. The monoisotopic (exact) mass is 171 g/mol. The van der Waals surface area contributed by atoms with E-state index in [4.69, 9.17) is 5.84 Å². The van der Waals surface area contributed by atoms with Crippen LogP contribution in [0.2, 0.25) is 0 Å². The average molecular weight is 171 g/mol. The highest BCUT2D eigenvalue weighted by Gasteiger charge is 2.13. The molecule has 1 aromatic rings. The number of hydrazine groups is 1. The van der Waals surface area contributed by atoms with Gasteiger partial charge in [0.25, 0.3) is 0 Å². The van der Waals surface area contributed by atoms with Gasteiger partial charge in [-0.25, -0.2) is 0 Å². The maximum absolute atomic E-state index is 12.6. The molecule has 3 N–H and O–H groups in total. The molecule has 0 aliphatic carbocycles. The van der Waals surface area contributed by atoms with E-state index < -0.39 is 16.4 Å². The van der Waals surface area contributed by atoms with Gasteiger partial charge in [0.1, 0.15) is 0 Å². The van der Waals surface area contributed by atoms with Crippen LogP contribution in [0.15, 0.2) is 18.2 Å². The van der Waals surface area contributed by atoms with E-state index >= 15 is 0 Å². The van der Waals surface area contributed by atoms with Crippen LogP contribution in [0.4, 0.5) is 15.8 Å². The van der Waals surface area contributed by atoms with Gasteiger partial charge in [0.05, 0.1) is 10.6 Å². The Hall–Kier alpha value is -1.69. The van der Waals surface area contributed by atoms with Crippen molar-refractivity contribution in [1.29, 1.82) is 0 Å². The summed E-state index contributed by atoms with van der Waals surface area (Å²) >= 11 is 0. The van der Waals surface area contributed by atoms with Gasteiger partial charge in [-0.3, -0.25) is 16.0 Å². The second-order valence-corrected chi connectivity index (χ2v) is 2.07. The fraction of sp³-hybridized carbons (Fsp3) is 0. The van der Waals surface area contributed by atoms with Crippen LogP contribution in [-0.4, -0.2) is 4.92 Å². The normalized spacial score (nSPS) is 9.50. The molecule has 0 amide bonds. The number of nitro groups is 1. The van der Waals surface area contributed by atoms with Crippen molar-refractivity contribution in [3.05, 3.63) is 34.1 Å². The Bertz CT molecular complexity index is 316. The molecule has 64 valence electrons. The van der Waals surface area contributed by atoms with Crippen molar-refractivity contribution in [2.75, 3.05) is 5.43 Å². The van der Waals surface area contributed by atoms with Gasteiger partial charge < -0.3 is 5.43 Å². The van der Waals surface area contributed by atoms with Crippen LogP contribution in [-0.2, 0) is 0 Å². The van der Waals surface area contributed by atoms with E-state index in [0.29, 0.717) is 5.69 Å². The van der Waals surface area contributed by atoms with Crippen LogP contribution in [0.3, 0.4) is 0 Å². The molecule has 0 aliphatic heterocycles. The zero-order chi connectivity index (χ0) is 9.14. The summed E-state index contributed by atoms with van der Waals surface area (Å²) in [7, 11) is 0. The molecule has 0 bridgehead atoms. The molecule has 0 spiro atoms. The predicted octanol–water partition coefficient (Wildman–Crippen LogP) is 1.02. The number of nitrogens with one attached hydrogen (secondary N) is 1. The number of hydrogen-bond acceptors (Lipinski definition) is 4. The van der Waals surface area contributed by atoms with Crippen molar-refractivity contribution in [3.63, 3.8) is 0 Å². The summed E-state index contributed by atoms with van der Waals surface area (Å²) in [4.78, 5) is 9.38. The van der Waals surface area contributed by atoms with Gasteiger partial charge in [0, 0.05) is 6.07 Å². The first-order chi connectivity index (χ1) is 5.65. The molecule has 0 saturated carbocycles. The summed E-state index contributed by atoms with van der Waals surface area (Å²) in [6.45, 7) is 0. The predicted molar refractivity (Wildman–Crippen MR) is 40.9 cm³/mol. The lowest BCUT2D eigenvalue weighted by atomic mass is 10.3. The van der Waals surface area contributed by atoms with Crippen molar-refractivity contribution in [2.24, 2.45) is 5.84 Å². The Morgan fingerprint density at radius 3 is 2.75 bits per heavy atom. The molecule has 0 unspecified atom stereocenters. The van der Waals surface area contributed by atoms with Crippen molar-refractivity contribution in [2.45, 2.75) is 0 Å². The molecule has 0 aliphatic rings. The van der Waals surface area contributed by atoms with E-state index in [1.807, 2.05) is 0 Å². The topological polar surface area (TPSA) is 81.2 Å². The Morgan fingerprint density at radius 2 is 2.25 bits per heavy atom. The summed E-state index contributed by atoms with van der Waals surface area (Å²) in [5, 5.41) is 10.2. The van der Waals surface area contributed by atoms with Crippen LogP contribution in [0.1, 0.15) is 0 Å². The van der Waals surface area contributed by atoms with Crippen molar-refractivity contribution in [1.82, 2.24) is 0 Å². The number of rotatable bonds is 2. The molecule has 0 radical (unpaired) electrons. The standard InChI is InChI=1S/C6H6FN3O2/c7-5-2-1-4(9-8)3-6(5)10(11)12/h1-3,9H,8H2. The van der Waals surface area contributed by atoms with Gasteiger partial charge in [0.15, 0.2) is 0 Å². The molecule has 1 aromatic carbocycles. The number of halogens is 1. The first kappa shape index (κ1) is 8.41. The molecule has 12 heavy (non-hydrogen) atoms. The lowest BCUT2D eigenvalue weighted by Gasteiger charge is -1.98. The number of anilines is 1. The molecule has 6 heteroatoms. The minimum Gasteiger partial charge on any atom is -0.324 e. The van der Waals surface area contributed by atoms with Crippen molar-refractivity contribution < 1.29 is 9.31 Å². The first-order valence-electron chi connectivity index (χ1n) is 3.05. The van der Waals surface area contributed by atoms with Gasteiger partial charge in [-0.15, -0.1) is 0 Å². The largest absolute Gasteiger partial charge is 0.324 e. The van der Waals surface area contributed by atoms with Gasteiger partial charge in [-0.2, -0.15) is 4.39 Å². The highest BCUT2D eigenvalue weighted by molar-refractivity contribution is 5.50. The van der Waals surface area contributed by atoms with Gasteiger partial charge in [0.2, 0.25) is 5.82 Å². The quantitative estimate of drug-likeness (QED) is 0.395. The molecule has 5 nitrogen and oxygen atoms in total. The van der Waals surface area contributed by atoms with Crippen molar-refractivity contribution >= 4 is 11.4 Å². The van der Waals surface area contributed by atoms with E-state index in [1.54, 1.807) is 0 Å². The number of nitrogens with two attached hydrogens (primary N) is 1. The molecule has 0 atom stereocenters. The molecule has 1 rings (SSSR count). The Kier molecular flexibility index (Phi) is 2.20. The van der Waals surface area contributed by atoms with Gasteiger partial charge >= 0.3 is 5.69 Å². The third-order valence-corrected chi connectivity index (χ3v) is 1.31. The third-order valence-electron chi connectivity index (χ3n) is 1.31. The molecule has 0 fully saturated rings. The summed E-state index contributed by atoms with van der Waals surface area (Å²) in [5.74, 6) is 4.10. The lowest BCUT2D eigenvalue weighted by molar-refractivity contribution is -0.387. The van der Waals surface area contributed by atoms with E-state index in [2.05, 4.69) is 5.43 Å². The number of benzene rings is 1. The van der Waals surface area contributed by atoms with E-state index in [9.17, 15) is 14.5 Å². The maximum Gasteiger partial charge on any atom is 0.306 e. The Labute approximate surface area is 67.1 Å².